The highest BCUT2D eigenvalue weighted by Crippen LogP contribution is 2.21. The van der Waals surface area contributed by atoms with Crippen molar-refractivity contribution < 1.29 is 9.32 Å². The van der Waals surface area contributed by atoms with Gasteiger partial charge in [0.1, 0.15) is 0 Å². The van der Waals surface area contributed by atoms with Gasteiger partial charge in [-0.05, 0) is 25.1 Å². The zero-order valence-electron chi connectivity index (χ0n) is 11.8. The lowest BCUT2D eigenvalue weighted by Crippen LogP contribution is -2.21. The first-order chi connectivity index (χ1) is 9.47. The summed E-state index contributed by atoms with van der Waals surface area (Å²) in [7, 11) is 3.41. The molecule has 3 N–H and O–H groups in total. The van der Waals surface area contributed by atoms with Gasteiger partial charge in [0.15, 0.2) is 5.76 Å². The van der Waals surface area contributed by atoms with E-state index in [-0.39, 0.29) is 5.91 Å². The lowest BCUT2D eigenvalue weighted by atomic mass is 10.1. The topological polar surface area (TPSA) is 84.4 Å². The van der Waals surface area contributed by atoms with E-state index in [1.54, 1.807) is 32.3 Å². The van der Waals surface area contributed by atoms with Crippen LogP contribution in [-0.2, 0) is 6.54 Å². The summed E-state index contributed by atoms with van der Waals surface area (Å²) in [6.07, 6.45) is 0. The van der Waals surface area contributed by atoms with Crippen LogP contribution in [0.3, 0.4) is 0 Å². The third-order valence-corrected chi connectivity index (χ3v) is 2.83. The van der Waals surface area contributed by atoms with Gasteiger partial charge in [-0.3, -0.25) is 4.79 Å². The maximum absolute atomic E-state index is 11.8. The maximum Gasteiger partial charge on any atom is 0.253 e. The van der Waals surface area contributed by atoms with Gasteiger partial charge in [0.05, 0.1) is 23.6 Å². The van der Waals surface area contributed by atoms with E-state index in [9.17, 15) is 4.79 Å². The highest BCUT2D eigenvalue weighted by atomic mass is 16.5. The van der Waals surface area contributed by atoms with E-state index in [2.05, 4.69) is 10.5 Å². The number of nitrogen functional groups attached to an aromatic ring is 1. The molecule has 0 saturated carbocycles. The number of aryl methyl sites for hydroxylation is 1. The quantitative estimate of drug-likeness (QED) is 0.832. The molecular weight excluding hydrogens is 256 g/mol. The van der Waals surface area contributed by atoms with Crippen molar-refractivity contribution in [2.24, 2.45) is 0 Å². The minimum absolute atomic E-state index is 0.0749. The molecule has 6 heteroatoms. The number of nitrogens with two attached hydrogens (primary N) is 1. The second-order valence-corrected chi connectivity index (χ2v) is 4.79. The number of anilines is 2. The molecule has 1 amide bonds. The Bertz CT molecular complexity index is 619. The van der Waals surface area contributed by atoms with Crippen LogP contribution in [0, 0.1) is 6.92 Å². The molecule has 0 spiro atoms. The van der Waals surface area contributed by atoms with Crippen molar-refractivity contribution in [2.45, 2.75) is 13.5 Å². The van der Waals surface area contributed by atoms with E-state index in [1.807, 2.05) is 13.0 Å². The number of amides is 1. The lowest BCUT2D eigenvalue weighted by molar-refractivity contribution is 0.0827. The highest BCUT2D eigenvalue weighted by Gasteiger charge is 2.10. The fraction of sp³-hybridized carbons (Fsp3) is 0.286. The first-order valence-corrected chi connectivity index (χ1v) is 6.24. The van der Waals surface area contributed by atoms with Gasteiger partial charge in [0.2, 0.25) is 0 Å². The Kier molecular flexibility index (Phi) is 3.93. The van der Waals surface area contributed by atoms with Gasteiger partial charge in [-0.2, -0.15) is 0 Å². The molecule has 2 aromatic rings. The van der Waals surface area contributed by atoms with Gasteiger partial charge in [-0.15, -0.1) is 0 Å². The SMILES string of the molecule is Cc1cc(CNc2ccc(C(=O)N(C)C)cc2N)on1. The fourth-order valence-electron chi connectivity index (χ4n) is 1.80. The van der Waals surface area contributed by atoms with Gasteiger partial charge in [-0.25, -0.2) is 0 Å². The molecule has 1 aromatic carbocycles. The Labute approximate surface area is 117 Å². The van der Waals surface area contributed by atoms with Crippen LogP contribution in [-0.4, -0.2) is 30.1 Å². The minimum Gasteiger partial charge on any atom is -0.397 e. The zero-order valence-corrected chi connectivity index (χ0v) is 11.8. The molecule has 0 radical (unpaired) electrons. The Morgan fingerprint density at radius 1 is 1.40 bits per heavy atom. The van der Waals surface area contributed by atoms with Crippen molar-refractivity contribution in [1.29, 1.82) is 0 Å². The van der Waals surface area contributed by atoms with Crippen molar-refractivity contribution in [3.05, 3.63) is 41.3 Å². The van der Waals surface area contributed by atoms with E-state index in [0.29, 0.717) is 17.8 Å². The average molecular weight is 274 g/mol. The van der Waals surface area contributed by atoms with E-state index >= 15 is 0 Å². The second-order valence-electron chi connectivity index (χ2n) is 4.79. The summed E-state index contributed by atoms with van der Waals surface area (Å²) in [5, 5.41) is 6.97. The Morgan fingerprint density at radius 2 is 2.15 bits per heavy atom. The Morgan fingerprint density at radius 3 is 2.70 bits per heavy atom. The number of nitrogens with zero attached hydrogens (tertiary/aromatic N) is 2. The molecule has 106 valence electrons. The smallest absolute Gasteiger partial charge is 0.253 e. The van der Waals surface area contributed by atoms with Crippen molar-refractivity contribution in [3.8, 4) is 0 Å². The van der Waals surface area contributed by atoms with E-state index in [4.69, 9.17) is 10.3 Å². The predicted octanol–water partition coefficient (Wildman–Crippen LogP) is 1.88. The van der Waals surface area contributed by atoms with Gasteiger partial charge >= 0.3 is 0 Å². The summed E-state index contributed by atoms with van der Waals surface area (Å²) in [6, 6.07) is 7.05. The second kappa shape index (κ2) is 5.64. The van der Waals surface area contributed by atoms with Crippen LogP contribution in [0.1, 0.15) is 21.8 Å². The van der Waals surface area contributed by atoms with Crippen LogP contribution in [0.2, 0.25) is 0 Å². The van der Waals surface area contributed by atoms with Crippen LogP contribution < -0.4 is 11.1 Å². The van der Waals surface area contributed by atoms with Crippen molar-refractivity contribution in [1.82, 2.24) is 10.1 Å². The molecular formula is C14H18N4O2. The van der Waals surface area contributed by atoms with Crippen LogP contribution in [0.25, 0.3) is 0 Å². The summed E-state index contributed by atoms with van der Waals surface area (Å²) >= 11 is 0. The van der Waals surface area contributed by atoms with E-state index in [1.165, 1.54) is 4.90 Å². The zero-order chi connectivity index (χ0) is 14.7. The molecule has 0 bridgehead atoms. The standard InChI is InChI=1S/C14H18N4O2/c1-9-6-11(20-17-9)8-16-13-5-4-10(7-12(13)15)14(19)18(2)3/h4-7,16H,8,15H2,1-3H3. The largest absolute Gasteiger partial charge is 0.397 e. The van der Waals surface area contributed by atoms with Crippen molar-refractivity contribution >= 4 is 17.3 Å². The normalized spacial score (nSPS) is 10.3. The molecule has 1 heterocycles. The molecule has 1 aromatic heterocycles. The van der Waals surface area contributed by atoms with Crippen LogP contribution in [0.4, 0.5) is 11.4 Å². The number of rotatable bonds is 4. The summed E-state index contributed by atoms with van der Waals surface area (Å²) in [4.78, 5) is 13.3. The van der Waals surface area contributed by atoms with E-state index < -0.39 is 0 Å². The number of carbonyl (C=O) groups excluding carboxylic acids is 1. The van der Waals surface area contributed by atoms with Crippen LogP contribution in [0.15, 0.2) is 28.8 Å². The molecule has 20 heavy (non-hydrogen) atoms. The number of carbonyl (C=O) groups is 1. The van der Waals surface area contributed by atoms with Crippen LogP contribution in [0.5, 0.6) is 0 Å². The van der Waals surface area contributed by atoms with E-state index in [0.717, 1.165) is 17.1 Å². The molecule has 0 atom stereocenters. The molecule has 0 aliphatic heterocycles. The maximum atomic E-state index is 11.8. The van der Waals surface area contributed by atoms with Gasteiger partial charge < -0.3 is 20.5 Å². The van der Waals surface area contributed by atoms with Gasteiger partial charge in [0.25, 0.3) is 5.91 Å². The van der Waals surface area contributed by atoms with Gasteiger partial charge in [0, 0.05) is 25.7 Å². The van der Waals surface area contributed by atoms with Gasteiger partial charge in [-0.1, -0.05) is 5.16 Å². The predicted molar refractivity (Wildman–Crippen MR) is 77.4 cm³/mol. The summed E-state index contributed by atoms with van der Waals surface area (Å²) < 4.78 is 5.11. The first-order valence-electron chi connectivity index (χ1n) is 6.24. The number of aromatic nitrogens is 1. The average Bonchev–Trinajstić information content (AvgIpc) is 2.82. The van der Waals surface area contributed by atoms with Crippen LogP contribution >= 0.6 is 0 Å². The molecule has 2 rings (SSSR count). The third-order valence-electron chi connectivity index (χ3n) is 2.83. The molecule has 0 saturated heterocycles. The molecule has 6 nitrogen and oxygen atoms in total. The molecule has 0 aliphatic carbocycles. The van der Waals surface area contributed by atoms with Crippen molar-refractivity contribution in [3.63, 3.8) is 0 Å². The fourth-order valence-corrected chi connectivity index (χ4v) is 1.80. The summed E-state index contributed by atoms with van der Waals surface area (Å²) in [5.74, 6) is 0.657. The highest BCUT2D eigenvalue weighted by molar-refractivity contribution is 5.95. The number of hydrogen-bond acceptors (Lipinski definition) is 5. The molecule has 0 unspecified atom stereocenters. The Hall–Kier alpha value is -2.50. The van der Waals surface area contributed by atoms with Crippen molar-refractivity contribution in [2.75, 3.05) is 25.1 Å². The number of nitrogens with one attached hydrogen (secondary N) is 1. The lowest BCUT2D eigenvalue weighted by Gasteiger charge is -2.13. The summed E-state index contributed by atoms with van der Waals surface area (Å²) in [6.45, 7) is 2.36. The first kappa shape index (κ1) is 13.9. The third kappa shape index (κ3) is 3.09. The Balaban J connectivity index is 2.08. The monoisotopic (exact) mass is 274 g/mol. The minimum atomic E-state index is -0.0749. The molecule has 0 fully saturated rings. The molecule has 0 aliphatic rings. The summed E-state index contributed by atoms with van der Waals surface area (Å²) in [5.41, 5.74) is 8.63. The number of benzene rings is 1. The number of hydrogen-bond donors (Lipinski definition) is 2.